The van der Waals surface area contributed by atoms with Crippen LogP contribution in [0, 0.1) is 9.65 Å². The lowest BCUT2D eigenvalue weighted by atomic mass is 10.1. The first-order chi connectivity index (χ1) is 6.73. The van der Waals surface area contributed by atoms with E-state index >= 15 is 0 Å². The van der Waals surface area contributed by atoms with Gasteiger partial charge in [0.2, 0.25) is 5.91 Å². The molecule has 0 saturated carbocycles. The number of nitrogens with zero attached hydrogens (tertiary/aromatic N) is 2. The number of hydrogen-bond acceptors (Lipinski definition) is 2. The zero-order valence-electron chi connectivity index (χ0n) is 9.06. The Labute approximate surface area is 101 Å². The van der Waals surface area contributed by atoms with Crippen molar-refractivity contribution in [3.8, 4) is 0 Å². The van der Waals surface area contributed by atoms with E-state index in [0.29, 0.717) is 3.70 Å². The molecule has 0 fully saturated rings. The van der Waals surface area contributed by atoms with Crippen LogP contribution in [0.25, 0.3) is 0 Å². The van der Waals surface area contributed by atoms with E-state index in [9.17, 15) is 9.18 Å². The molecular weight excluding hydrogens is 312 g/mol. The topological polar surface area (TPSA) is 46.9 Å². The minimum absolute atomic E-state index is 0.151. The molecule has 0 aliphatic carbocycles. The largest absolute Gasteiger partial charge is 0.320 e. The summed E-state index contributed by atoms with van der Waals surface area (Å²) in [5, 5.41) is 6.19. The molecule has 0 spiro atoms. The number of rotatable bonds is 1. The quantitative estimate of drug-likeness (QED) is 0.806. The van der Waals surface area contributed by atoms with E-state index in [2.05, 4.69) is 10.4 Å². The number of amides is 1. The molecule has 1 aromatic rings. The SMILES string of the molecule is CC(=O)Nc1c(F)nn(C(C)(C)C)c1I. The zero-order chi connectivity index (χ0) is 11.8. The molecule has 0 aliphatic heterocycles. The highest BCUT2D eigenvalue weighted by Gasteiger charge is 2.24. The summed E-state index contributed by atoms with van der Waals surface area (Å²) < 4.78 is 15.6. The van der Waals surface area contributed by atoms with E-state index in [-0.39, 0.29) is 17.1 Å². The van der Waals surface area contributed by atoms with Crippen LogP contribution in [0.2, 0.25) is 0 Å². The molecule has 1 heterocycles. The van der Waals surface area contributed by atoms with Gasteiger partial charge in [-0.1, -0.05) is 0 Å². The van der Waals surface area contributed by atoms with Crippen molar-refractivity contribution in [2.24, 2.45) is 0 Å². The van der Waals surface area contributed by atoms with Crippen LogP contribution in [0.1, 0.15) is 27.7 Å². The highest BCUT2D eigenvalue weighted by atomic mass is 127. The molecular formula is C9H13FIN3O. The monoisotopic (exact) mass is 325 g/mol. The van der Waals surface area contributed by atoms with Gasteiger partial charge in [0.15, 0.2) is 0 Å². The van der Waals surface area contributed by atoms with Crippen LogP contribution >= 0.6 is 22.6 Å². The Balaban J connectivity index is 3.21. The van der Waals surface area contributed by atoms with E-state index in [0.717, 1.165) is 0 Å². The van der Waals surface area contributed by atoms with E-state index in [1.165, 1.54) is 6.92 Å². The summed E-state index contributed by atoms with van der Waals surface area (Å²) in [5.74, 6) is -0.954. The van der Waals surface area contributed by atoms with Crippen LogP contribution in [-0.2, 0) is 10.3 Å². The van der Waals surface area contributed by atoms with Gasteiger partial charge in [-0.05, 0) is 43.4 Å². The molecule has 1 aromatic heterocycles. The third-order valence-corrected chi connectivity index (χ3v) is 2.72. The molecule has 0 atom stereocenters. The molecule has 6 heteroatoms. The summed E-state index contributed by atoms with van der Waals surface area (Å²) in [6.07, 6.45) is 0. The van der Waals surface area contributed by atoms with Crippen molar-refractivity contribution in [3.05, 3.63) is 9.65 Å². The minimum Gasteiger partial charge on any atom is -0.320 e. The fraction of sp³-hybridized carbons (Fsp3) is 0.556. The second kappa shape index (κ2) is 4.07. The molecule has 1 N–H and O–H groups in total. The fourth-order valence-corrected chi connectivity index (χ4v) is 2.29. The average molecular weight is 325 g/mol. The molecule has 84 valence electrons. The normalized spacial score (nSPS) is 11.6. The van der Waals surface area contributed by atoms with Crippen LogP contribution < -0.4 is 5.32 Å². The van der Waals surface area contributed by atoms with Gasteiger partial charge in [-0.2, -0.15) is 4.39 Å². The smallest absolute Gasteiger partial charge is 0.257 e. The van der Waals surface area contributed by atoms with Crippen molar-refractivity contribution in [2.75, 3.05) is 5.32 Å². The third-order valence-electron chi connectivity index (χ3n) is 1.72. The second-order valence-electron chi connectivity index (χ2n) is 4.22. The summed E-state index contributed by atoms with van der Waals surface area (Å²) in [6.45, 7) is 7.08. The van der Waals surface area contributed by atoms with Crippen LogP contribution in [0.5, 0.6) is 0 Å². The first-order valence-electron chi connectivity index (χ1n) is 4.45. The molecule has 0 aliphatic rings. The van der Waals surface area contributed by atoms with Crippen molar-refractivity contribution >= 4 is 34.2 Å². The van der Waals surface area contributed by atoms with Crippen molar-refractivity contribution < 1.29 is 9.18 Å². The van der Waals surface area contributed by atoms with Crippen molar-refractivity contribution in [2.45, 2.75) is 33.2 Å². The maximum Gasteiger partial charge on any atom is 0.257 e. The molecule has 4 nitrogen and oxygen atoms in total. The second-order valence-corrected chi connectivity index (χ2v) is 5.24. The number of anilines is 1. The van der Waals surface area contributed by atoms with Gasteiger partial charge in [0.05, 0.1) is 5.54 Å². The van der Waals surface area contributed by atoms with Crippen molar-refractivity contribution in [1.82, 2.24) is 9.78 Å². The number of carbonyl (C=O) groups is 1. The highest BCUT2D eigenvalue weighted by Crippen LogP contribution is 2.26. The molecule has 0 saturated heterocycles. The molecule has 1 rings (SSSR count). The maximum absolute atomic E-state index is 13.4. The molecule has 0 aromatic carbocycles. The predicted molar refractivity (Wildman–Crippen MR) is 64.2 cm³/mol. The van der Waals surface area contributed by atoms with Gasteiger partial charge in [0, 0.05) is 6.92 Å². The number of carbonyl (C=O) groups excluding carboxylic acids is 1. The lowest BCUT2D eigenvalue weighted by Crippen LogP contribution is -2.24. The summed E-state index contributed by atoms with van der Waals surface area (Å²) in [7, 11) is 0. The fourth-order valence-electron chi connectivity index (χ4n) is 1.10. The summed E-state index contributed by atoms with van der Waals surface area (Å²) in [5.41, 5.74) is -0.160. The number of halogens is 2. The van der Waals surface area contributed by atoms with Crippen LogP contribution in [0.4, 0.5) is 10.1 Å². The summed E-state index contributed by atoms with van der Waals surface area (Å²) >= 11 is 1.97. The van der Waals surface area contributed by atoms with Crippen LogP contribution in [0.15, 0.2) is 0 Å². The van der Waals surface area contributed by atoms with E-state index in [1.54, 1.807) is 4.68 Å². The number of hydrogen-bond donors (Lipinski definition) is 1. The van der Waals surface area contributed by atoms with E-state index in [1.807, 2.05) is 43.4 Å². The highest BCUT2D eigenvalue weighted by molar-refractivity contribution is 14.1. The molecule has 0 radical (unpaired) electrons. The van der Waals surface area contributed by atoms with E-state index in [4.69, 9.17) is 0 Å². The Morgan fingerprint density at radius 3 is 2.40 bits per heavy atom. The maximum atomic E-state index is 13.4. The van der Waals surface area contributed by atoms with E-state index < -0.39 is 5.95 Å². The molecule has 1 amide bonds. The van der Waals surface area contributed by atoms with Crippen LogP contribution in [-0.4, -0.2) is 15.7 Å². The Bertz CT molecular complexity index is 395. The third kappa shape index (κ3) is 2.67. The summed E-state index contributed by atoms with van der Waals surface area (Å²) in [6, 6.07) is 0. The minimum atomic E-state index is -0.649. The van der Waals surface area contributed by atoms with Gasteiger partial charge in [-0.25, -0.2) is 4.68 Å². The molecule has 15 heavy (non-hydrogen) atoms. The predicted octanol–water partition coefficient (Wildman–Crippen LogP) is 2.34. The summed E-state index contributed by atoms with van der Waals surface area (Å²) in [4.78, 5) is 10.9. The first-order valence-corrected chi connectivity index (χ1v) is 5.53. The van der Waals surface area contributed by atoms with Crippen molar-refractivity contribution in [1.29, 1.82) is 0 Å². The Kier molecular flexibility index (Phi) is 3.37. The number of nitrogens with one attached hydrogen (secondary N) is 1. The molecule has 0 bridgehead atoms. The number of aromatic nitrogens is 2. The lowest BCUT2D eigenvalue weighted by Gasteiger charge is -2.20. The van der Waals surface area contributed by atoms with Gasteiger partial charge < -0.3 is 5.32 Å². The molecule has 0 unspecified atom stereocenters. The van der Waals surface area contributed by atoms with Gasteiger partial charge in [0.1, 0.15) is 9.39 Å². The van der Waals surface area contributed by atoms with Gasteiger partial charge >= 0.3 is 0 Å². The Morgan fingerprint density at radius 2 is 2.07 bits per heavy atom. The van der Waals surface area contributed by atoms with Crippen molar-refractivity contribution in [3.63, 3.8) is 0 Å². The first kappa shape index (κ1) is 12.4. The Morgan fingerprint density at radius 1 is 1.53 bits per heavy atom. The average Bonchev–Trinajstić information content (AvgIpc) is 2.30. The lowest BCUT2D eigenvalue weighted by molar-refractivity contribution is -0.114. The van der Waals surface area contributed by atoms with Gasteiger partial charge in [0.25, 0.3) is 5.95 Å². The van der Waals surface area contributed by atoms with Gasteiger partial charge in [-0.15, -0.1) is 5.10 Å². The van der Waals surface area contributed by atoms with Gasteiger partial charge in [-0.3, -0.25) is 4.79 Å². The standard InChI is InChI=1S/C9H13FIN3O/c1-5(15)12-6-7(10)13-14(8(6)11)9(2,3)4/h1-4H3,(H,12,15). The zero-order valence-corrected chi connectivity index (χ0v) is 11.2. The Hall–Kier alpha value is -0.660. The van der Waals surface area contributed by atoms with Crippen LogP contribution in [0.3, 0.4) is 0 Å².